The number of carbonyl (C=O) groups is 4. The minimum Gasteiger partial charge on any atom is -0.486 e. The van der Waals surface area contributed by atoms with Crippen molar-refractivity contribution in [3.05, 3.63) is 140 Å². The van der Waals surface area contributed by atoms with Crippen LogP contribution in [0, 0.1) is 23.5 Å². The molecule has 2 atom stereocenters. The highest BCUT2D eigenvalue weighted by molar-refractivity contribution is 6.32. The van der Waals surface area contributed by atoms with Gasteiger partial charge in [-0.1, -0.05) is 58.5 Å². The summed E-state index contributed by atoms with van der Waals surface area (Å²) in [7, 11) is 0. The number of amides is 1. The number of nitrogens with one attached hydrogen (secondary N) is 1. The number of rotatable bonds is 15. The molecule has 2 saturated heterocycles. The van der Waals surface area contributed by atoms with Gasteiger partial charge in [0.15, 0.2) is 11.6 Å². The van der Waals surface area contributed by atoms with Gasteiger partial charge in [0.2, 0.25) is 0 Å². The summed E-state index contributed by atoms with van der Waals surface area (Å²) >= 11 is 23.0. The Morgan fingerprint density at radius 3 is 1.64 bits per heavy atom. The third kappa shape index (κ3) is 15.8. The molecule has 13 nitrogen and oxygen atoms in total. The van der Waals surface area contributed by atoms with Crippen molar-refractivity contribution >= 4 is 91.7 Å². The fraction of sp³-hybridized carbons (Fsp3) is 0.292. The molecule has 6 aromatic rings. The number of ketones is 2. The number of halogens is 6. The van der Waals surface area contributed by atoms with Crippen LogP contribution in [0.25, 0.3) is 21.8 Å². The standard InChI is InChI=1S/C24H22Cl2FN3O3.C14H18ClFN2O2.C10H6ClNO2/c25-17-3-8-22-16(11-17)2-7-23(28-22)24(32)29-30-10-9-15(13-30)1-4-18(31)14-33-19-5-6-20(26)21(27)12-19;15-13-4-3-12(7-14(13)16)20-9-11(19)2-1-10-5-6-18(17)8-10;11-7-2-4-8-6(5-7)1-3-9(12-8)10(13)14/h2-3,5-8,11-12,15H,1,4,9-10,13-14H2,(H,29,32);3-4,7,10H,1-2,5-6,8-9,17H2;1-5H,(H,13,14). The predicted octanol–water partition coefficient (Wildman–Crippen LogP) is 10.1. The van der Waals surface area contributed by atoms with E-state index in [-0.39, 0.29) is 58.1 Å². The number of nitrogens with two attached hydrogens (primary N) is 1. The average Bonchev–Trinajstić information content (AvgIpc) is 3.96. The van der Waals surface area contributed by atoms with E-state index < -0.39 is 17.6 Å². The van der Waals surface area contributed by atoms with Crippen LogP contribution in [-0.2, 0) is 9.59 Å². The minimum atomic E-state index is -1.03. The summed E-state index contributed by atoms with van der Waals surface area (Å²) in [6.45, 7) is 2.93. The molecule has 0 spiro atoms. The molecule has 0 saturated carbocycles. The molecule has 2 fully saturated rings. The number of Topliss-reactive ketones (excluding diaryl/α,β-unsaturated/α-hetero) is 2. The Balaban J connectivity index is 0.000000184. The van der Waals surface area contributed by atoms with Crippen molar-refractivity contribution in [3.63, 3.8) is 0 Å². The third-order valence-electron chi connectivity index (χ3n) is 10.9. The molecule has 352 valence electrons. The SMILES string of the molecule is NN1CCC(CCC(=O)COc2ccc(Cl)c(F)c2)C1.O=C(CCC1CCN(NC(=O)c2ccc3cc(Cl)ccc3n2)C1)COc1ccc(Cl)c(F)c1.O=C(O)c1ccc2cc(Cl)ccc2n1. The maximum atomic E-state index is 13.4. The number of fused-ring (bicyclic) bond motifs is 2. The van der Waals surface area contributed by atoms with Gasteiger partial charge in [-0.3, -0.25) is 25.7 Å². The Morgan fingerprint density at radius 1 is 0.657 bits per heavy atom. The number of hydrogen-bond donors (Lipinski definition) is 3. The number of carbonyl (C=O) groups excluding carboxylic acids is 3. The lowest BCUT2D eigenvalue weighted by molar-refractivity contribution is -0.122. The van der Waals surface area contributed by atoms with E-state index in [0.29, 0.717) is 70.8 Å². The summed E-state index contributed by atoms with van der Waals surface area (Å²) in [5, 5.41) is 15.3. The quantitative estimate of drug-likeness (QED) is 0.0831. The number of carboxylic acids is 1. The van der Waals surface area contributed by atoms with Gasteiger partial charge in [-0.25, -0.2) is 33.6 Å². The molecule has 4 aromatic carbocycles. The number of nitrogens with zero attached hydrogens (tertiary/aromatic N) is 4. The Bertz CT molecular complexity index is 2740. The number of benzene rings is 4. The zero-order chi connectivity index (χ0) is 48.0. The zero-order valence-electron chi connectivity index (χ0n) is 35.9. The summed E-state index contributed by atoms with van der Waals surface area (Å²) in [6.07, 6.45) is 4.25. The second kappa shape index (κ2) is 24.5. The van der Waals surface area contributed by atoms with E-state index in [1.807, 2.05) is 11.1 Å². The summed E-state index contributed by atoms with van der Waals surface area (Å²) < 4.78 is 37.2. The minimum absolute atomic E-state index is 0.00728. The summed E-state index contributed by atoms with van der Waals surface area (Å²) in [5.74, 6) is 4.54. The topological polar surface area (TPSA) is 177 Å². The smallest absolute Gasteiger partial charge is 0.354 e. The van der Waals surface area contributed by atoms with Crippen LogP contribution in [0.1, 0.15) is 59.5 Å². The maximum Gasteiger partial charge on any atom is 0.354 e. The first kappa shape index (κ1) is 50.9. The van der Waals surface area contributed by atoms with Crippen LogP contribution in [0.5, 0.6) is 11.5 Å². The molecular weight excluding hydrogens is 952 g/mol. The van der Waals surface area contributed by atoms with Crippen LogP contribution in [0.3, 0.4) is 0 Å². The van der Waals surface area contributed by atoms with Gasteiger partial charge in [0.1, 0.15) is 47.7 Å². The van der Waals surface area contributed by atoms with Crippen LogP contribution in [0.2, 0.25) is 20.1 Å². The van der Waals surface area contributed by atoms with Crippen LogP contribution >= 0.6 is 46.4 Å². The first-order valence-corrected chi connectivity index (χ1v) is 22.7. The number of hydrazine groups is 2. The molecule has 0 aliphatic carbocycles. The number of ether oxygens (including phenoxy) is 2. The molecule has 0 bridgehead atoms. The van der Waals surface area contributed by atoms with Crippen molar-refractivity contribution in [2.75, 3.05) is 39.4 Å². The van der Waals surface area contributed by atoms with Gasteiger partial charge in [0.05, 0.1) is 21.1 Å². The molecule has 2 aromatic heterocycles. The molecule has 4 heterocycles. The third-order valence-corrected chi connectivity index (χ3v) is 11.9. The largest absolute Gasteiger partial charge is 0.486 e. The van der Waals surface area contributed by atoms with Crippen molar-refractivity contribution in [1.82, 2.24) is 25.4 Å². The number of aromatic carboxylic acids is 1. The molecule has 1 amide bonds. The fourth-order valence-electron chi connectivity index (χ4n) is 7.24. The lowest BCUT2D eigenvalue weighted by Gasteiger charge is -2.17. The number of aromatic nitrogens is 2. The number of hydrogen-bond acceptors (Lipinski definition) is 11. The van der Waals surface area contributed by atoms with Crippen molar-refractivity contribution in [2.45, 2.75) is 38.5 Å². The van der Waals surface area contributed by atoms with Crippen LogP contribution in [0.15, 0.2) is 97.1 Å². The van der Waals surface area contributed by atoms with Gasteiger partial charge in [-0.15, -0.1) is 0 Å². The van der Waals surface area contributed by atoms with Gasteiger partial charge in [0, 0.05) is 72.0 Å². The summed E-state index contributed by atoms with van der Waals surface area (Å²) in [4.78, 5) is 55.5. The average molecular weight is 999 g/mol. The highest BCUT2D eigenvalue weighted by Crippen LogP contribution is 2.25. The van der Waals surface area contributed by atoms with E-state index in [1.165, 1.54) is 30.3 Å². The molecule has 4 N–H and O–H groups in total. The molecule has 2 unspecified atom stereocenters. The Hall–Kier alpha value is -5.52. The van der Waals surface area contributed by atoms with Crippen molar-refractivity contribution in [3.8, 4) is 11.5 Å². The molecular formula is C48H46Cl4F2N6O7. The van der Waals surface area contributed by atoms with Crippen LogP contribution in [0.4, 0.5) is 8.78 Å². The number of pyridine rings is 2. The molecule has 2 aliphatic rings. The lowest BCUT2D eigenvalue weighted by atomic mass is 10.0. The molecule has 8 rings (SSSR count). The first-order valence-electron chi connectivity index (χ1n) is 21.2. The highest BCUT2D eigenvalue weighted by atomic mass is 35.5. The Labute approximate surface area is 405 Å². The second-order valence-corrected chi connectivity index (χ2v) is 17.6. The van der Waals surface area contributed by atoms with Gasteiger partial charge in [-0.2, -0.15) is 0 Å². The van der Waals surface area contributed by atoms with E-state index in [1.54, 1.807) is 59.6 Å². The summed E-state index contributed by atoms with van der Waals surface area (Å²) in [6, 6.07) is 25.3. The van der Waals surface area contributed by atoms with Crippen molar-refractivity contribution in [2.24, 2.45) is 17.7 Å². The molecule has 2 aliphatic heterocycles. The predicted molar refractivity (Wildman–Crippen MR) is 254 cm³/mol. The lowest BCUT2D eigenvalue weighted by Crippen LogP contribution is -2.41. The Morgan fingerprint density at radius 2 is 1.15 bits per heavy atom. The maximum absolute atomic E-state index is 13.4. The van der Waals surface area contributed by atoms with E-state index in [0.717, 1.165) is 49.2 Å². The van der Waals surface area contributed by atoms with E-state index in [9.17, 15) is 28.0 Å². The first-order chi connectivity index (χ1) is 32.1. The van der Waals surface area contributed by atoms with E-state index in [4.69, 9.17) is 66.8 Å². The van der Waals surface area contributed by atoms with Crippen LogP contribution < -0.4 is 20.7 Å². The molecule has 0 radical (unpaired) electrons. The zero-order valence-corrected chi connectivity index (χ0v) is 38.9. The molecule has 19 heteroatoms. The number of carboxylic acid groups (broad SMARTS) is 1. The fourth-order valence-corrected chi connectivity index (χ4v) is 7.84. The second-order valence-electron chi connectivity index (χ2n) is 15.9. The van der Waals surface area contributed by atoms with Gasteiger partial charge in [0.25, 0.3) is 5.91 Å². The van der Waals surface area contributed by atoms with Crippen LogP contribution in [-0.4, -0.2) is 87.9 Å². The summed E-state index contributed by atoms with van der Waals surface area (Å²) in [5.41, 5.74) is 4.61. The van der Waals surface area contributed by atoms with E-state index >= 15 is 0 Å². The monoisotopic (exact) mass is 996 g/mol. The van der Waals surface area contributed by atoms with E-state index in [2.05, 4.69) is 15.4 Å². The van der Waals surface area contributed by atoms with Crippen molar-refractivity contribution in [1.29, 1.82) is 0 Å². The van der Waals surface area contributed by atoms with Gasteiger partial charge in [-0.05, 0) is 110 Å². The van der Waals surface area contributed by atoms with Gasteiger partial charge >= 0.3 is 5.97 Å². The normalized spacial score (nSPS) is 15.9. The Kier molecular flexibility index (Phi) is 18.6. The van der Waals surface area contributed by atoms with Gasteiger partial charge < -0.3 is 14.6 Å². The highest BCUT2D eigenvalue weighted by Gasteiger charge is 2.25. The molecule has 67 heavy (non-hydrogen) atoms. The van der Waals surface area contributed by atoms with Crippen molar-refractivity contribution < 1.29 is 42.5 Å².